The maximum absolute atomic E-state index is 17.5. The number of nitriles is 1. The molecular weight excluding hydrogens is 704 g/mol. The van der Waals surface area contributed by atoms with Crippen LogP contribution in [0.25, 0.3) is 44.2 Å². The van der Waals surface area contributed by atoms with Gasteiger partial charge in [-0.25, -0.2) is 14.2 Å². The first kappa shape index (κ1) is 33.1. The number of carbonyl (C=O) groups excluding carboxylic acids is 1. The third-order valence-corrected chi connectivity index (χ3v) is 12.4. The Morgan fingerprint density at radius 3 is 2.62 bits per heavy atom. The van der Waals surface area contributed by atoms with Crippen LogP contribution in [0.1, 0.15) is 59.5 Å². The predicted octanol–water partition coefficient (Wildman–Crippen LogP) is 7.87. The summed E-state index contributed by atoms with van der Waals surface area (Å²) in [6.07, 6.45) is 3.63. The summed E-state index contributed by atoms with van der Waals surface area (Å²) in [5.74, 6) is -0.213. The van der Waals surface area contributed by atoms with E-state index in [1.807, 2.05) is 12.1 Å². The Bertz CT molecular complexity index is 2380. The first-order valence-corrected chi connectivity index (χ1v) is 18.3. The lowest BCUT2D eigenvalue weighted by atomic mass is 9.79. The molecule has 3 aromatic heterocycles. The second-order valence-corrected chi connectivity index (χ2v) is 15.5. The fraction of sp³-hybridized carbons (Fsp3) is 0.359. The van der Waals surface area contributed by atoms with Crippen molar-refractivity contribution in [1.82, 2.24) is 29.7 Å². The van der Waals surface area contributed by atoms with Crippen molar-refractivity contribution in [3.63, 3.8) is 0 Å². The Labute approximate surface area is 308 Å². The summed E-state index contributed by atoms with van der Waals surface area (Å²) in [5, 5.41) is 25.5. The van der Waals surface area contributed by atoms with Gasteiger partial charge in [0.1, 0.15) is 11.2 Å². The third kappa shape index (κ3) is 4.91. The third-order valence-electron chi connectivity index (χ3n) is 11.6. The molecule has 52 heavy (non-hydrogen) atoms. The normalized spacial score (nSPS) is 24.2. The van der Waals surface area contributed by atoms with Gasteiger partial charge in [-0.05, 0) is 73.4 Å². The van der Waals surface area contributed by atoms with Crippen molar-refractivity contribution in [3.8, 4) is 28.5 Å². The van der Waals surface area contributed by atoms with E-state index in [4.69, 9.17) is 28.2 Å². The van der Waals surface area contributed by atoms with Gasteiger partial charge in [0.25, 0.3) is 5.91 Å². The number of benzene rings is 2. The van der Waals surface area contributed by atoms with Crippen LogP contribution in [-0.4, -0.2) is 74.2 Å². The summed E-state index contributed by atoms with van der Waals surface area (Å²) in [5.41, 5.74) is 4.28. The molecule has 5 aliphatic rings. The van der Waals surface area contributed by atoms with Gasteiger partial charge in [0.15, 0.2) is 5.82 Å². The highest BCUT2D eigenvalue weighted by Gasteiger charge is 2.57. The van der Waals surface area contributed by atoms with Crippen LogP contribution < -0.4 is 5.32 Å². The standard InChI is InChI=1S/C39H34Cl2FN7O3/c1-47(2)38(50)26-9-8-19(16-44-26)34-24-15-30(29-14-20-13-28(20)48(29)39(51)52)49(36-21-12-27(36)45-17-21)37(24)23-11-18(5-4-10-43)31(33(42)35(23)46-34)22-6-3-7-25(40)32(22)41/h3,6-9,11,15-16,20-21,27-29,36,45H,4-5,12-14,17H2,1-2H3,(H,51,52)/t20-,21-,27-,28-,29-,36+/m1/s1. The van der Waals surface area contributed by atoms with Gasteiger partial charge in [-0.2, -0.15) is 5.26 Å². The van der Waals surface area contributed by atoms with Gasteiger partial charge in [0, 0.05) is 78.5 Å². The fourth-order valence-electron chi connectivity index (χ4n) is 9.05. The number of aryl methyl sites for hydroxylation is 1. The molecule has 6 atom stereocenters. The van der Waals surface area contributed by atoms with Crippen molar-refractivity contribution in [2.24, 2.45) is 11.8 Å². The number of nitrogens with zero attached hydrogens (tertiary/aromatic N) is 6. The smallest absolute Gasteiger partial charge is 0.408 e. The lowest BCUT2D eigenvalue weighted by Crippen LogP contribution is -2.41. The maximum Gasteiger partial charge on any atom is 0.408 e. The molecule has 13 heteroatoms. The molecule has 2 aliphatic carbocycles. The minimum atomic E-state index is -0.942. The van der Waals surface area contributed by atoms with E-state index in [2.05, 4.69) is 20.9 Å². The van der Waals surface area contributed by atoms with Gasteiger partial charge < -0.3 is 19.9 Å². The van der Waals surface area contributed by atoms with Crippen LogP contribution in [0, 0.1) is 29.0 Å². The zero-order chi connectivity index (χ0) is 36.2. The number of rotatable bonds is 7. The highest BCUT2D eigenvalue weighted by molar-refractivity contribution is 6.43. The Morgan fingerprint density at radius 1 is 1.12 bits per heavy atom. The number of aromatic nitrogens is 3. The average molecular weight is 739 g/mol. The summed E-state index contributed by atoms with van der Waals surface area (Å²) in [4.78, 5) is 38.1. The van der Waals surface area contributed by atoms with Crippen LogP contribution in [0.4, 0.5) is 9.18 Å². The lowest BCUT2D eigenvalue weighted by molar-refractivity contribution is 0.0822. The first-order valence-electron chi connectivity index (χ1n) is 17.5. The van der Waals surface area contributed by atoms with Gasteiger partial charge in [0.2, 0.25) is 0 Å². The summed E-state index contributed by atoms with van der Waals surface area (Å²) in [6, 6.07) is 14.5. The van der Waals surface area contributed by atoms with Crippen LogP contribution in [0.15, 0.2) is 48.7 Å². The molecule has 264 valence electrons. The van der Waals surface area contributed by atoms with Crippen molar-refractivity contribution < 1.29 is 19.1 Å². The number of carboxylic acid groups (broad SMARTS) is 1. The number of fused-ring (bicyclic) bond motifs is 5. The van der Waals surface area contributed by atoms with Gasteiger partial charge in [0.05, 0.1) is 39.4 Å². The second kappa shape index (κ2) is 12.2. The fourth-order valence-corrected chi connectivity index (χ4v) is 9.45. The number of likely N-dealkylation sites (tertiary alicyclic amines) is 1. The molecule has 6 heterocycles. The van der Waals surface area contributed by atoms with Crippen LogP contribution in [-0.2, 0) is 6.42 Å². The average Bonchev–Trinajstić information content (AvgIpc) is 3.54. The molecule has 2 aromatic carbocycles. The Balaban J connectivity index is 1.38. The van der Waals surface area contributed by atoms with Crippen molar-refractivity contribution in [2.75, 3.05) is 20.6 Å². The van der Waals surface area contributed by atoms with Gasteiger partial charge in [-0.1, -0.05) is 35.3 Å². The summed E-state index contributed by atoms with van der Waals surface area (Å²) in [6.45, 7) is 0.841. The molecule has 0 spiro atoms. The molecular formula is C39H34Cl2FN7O3. The van der Waals surface area contributed by atoms with Crippen molar-refractivity contribution >= 4 is 57.0 Å². The van der Waals surface area contributed by atoms with E-state index >= 15 is 4.39 Å². The van der Waals surface area contributed by atoms with Crippen molar-refractivity contribution in [2.45, 2.75) is 56.3 Å². The molecule has 10 rings (SSSR count). The molecule has 10 nitrogen and oxygen atoms in total. The number of carbonyl (C=O) groups is 2. The number of hydrogen-bond donors (Lipinski definition) is 2. The van der Waals surface area contributed by atoms with Gasteiger partial charge in [-0.3, -0.25) is 14.7 Å². The molecule has 3 saturated heterocycles. The van der Waals surface area contributed by atoms with Crippen molar-refractivity contribution in [3.05, 3.63) is 81.5 Å². The van der Waals surface area contributed by atoms with E-state index in [0.717, 1.165) is 36.0 Å². The lowest BCUT2D eigenvalue weighted by Gasteiger charge is -2.39. The molecule has 5 aromatic rings. The molecule has 0 unspecified atom stereocenters. The summed E-state index contributed by atoms with van der Waals surface area (Å²) < 4.78 is 19.8. The number of pyridine rings is 2. The Hall–Kier alpha value is -4.76. The van der Waals surface area contributed by atoms with E-state index in [0.29, 0.717) is 46.0 Å². The van der Waals surface area contributed by atoms with E-state index in [1.54, 1.807) is 55.5 Å². The molecule has 5 fully saturated rings. The number of piperidine rings is 1. The highest BCUT2D eigenvalue weighted by atomic mass is 35.5. The van der Waals surface area contributed by atoms with Crippen LogP contribution in [0.3, 0.4) is 0 Å². The molecule has 0 radical (unpaired) electrons. The summed E-state index contributed by atoms with van der Waals surface area (Å²) >= 11 is 13.2. The number of hydrogen-bond acceptors (Lipinski definition) is 6. The maximum atomic E-state index is 17.5. The largest absolute Gasteiger partial charge is 0.465 e. The topological polar surface area (TPSA) is 127 Å². The molecule has 2 N–H and O–H groups in total. The van der Waals surface area contributed by atoms with E-state index < -0.39 is 11.9 Å². The molecule has 2 bridgehead atoms. The highest BCUT2D eigenvalue weighted by Crippen LogP contribution is 2.57. The molecule has 2 amide bonds. The van der Waals surface area contributed by atoms with Crippen LogP contribution >= 0.6 is 23.2 Å². The number of amides is 2. The minimum Gasteiger partial charge on any atom is -0.465 e. The minimum absolute atomic E-state index is 0.00875. The zero-order valence-corrected chi connectivity index (χ0v) is 29.9. The molecule has 2 saturated carbocycles. The monoisotopic (exact) mass is 737 g/mol. The van der Waals surface area contributed by atoms with Gasteiger partial charge in [-0.15, -0.1) is 0 Å². The number of halogens is 3. The second-order valence-electron chi connectivity index (χ2n) is 14.7. The van der Waals surface area contributed by atoms with Crippen LogP contribution in [0.5, 0.6) is 0 Å². The first-order chi connectivity index (χ1) is 25.1. The van der Waals surface area contributed by atoms with E-state index in [9.17, 15) is 20.0 Å². The van der Waals surface area contributed by atoms with E-state index in [1.165, 1.54) is 4.90 Å². The number of nitrogens with one attached hydrogen (secondary N) is 1. The Kier molecular flexibility index (Phi) is 7.74. The Morgan fingerprint density at radius 2 is 1.94 bits per heavy atom. The summed E-state index contributed by atoms with van der Waals surface area (Å²) in [7, 11) is 3.31. The SMILES string of the molecule is CN(C)C(=O)c1ccc(-c2nc3c(F)c(-c4cccc(Cl)c4Cl)c(CCC#N)cc3c3c2cc([C@H]2C[C@H]4C[C@H]4N2C(=O)O)n3[C@H]2[C@H]3CN[C@@H]2C3)cn1. The quantitative estimate of drug-likeness (QED) is 0.174. The van der Waals surface area contributed by atoms with Crippen molar-refractivity contribution in [1.29, 1.82) is 5.26 Å². The van der Waals surface area contributed by atoms with E-state index in [-0.39, 0.29) is 69.7 Å². The van der Waals surface area contributed by atoms with Crippen LogP contribution in [0.2, 0.25) is 10.0 Å². The van der Waals surface area contributed by atoms with Gasteiger partial charge >= 0.3 is 6.09 Å². The molecule has 3 aliphatic heterocycles. The zero-order valence-electron chi connectivity index (χ0n) is 28.4. The predicted molar refractivity (Wildman–Crippen MR) is 196 cm³/mol.